The van der Waals surface area contributed by atoms with Crippen LogP contribution in [0.4, 0.5) is 0 Å². The Morgan fingerprint density at radius 2 is 2.67 bits per heavy atom. The molecule has 1 saturated heterocycles. The molecule has 0 spiro atoms. The van der Waals surface area contributed by atoms with Crippen LogP contribution in [0.15, 0.2) is 0 Å². The summed E-state index contributed by atoms with van der Waals surface area (Å²) < 4.78 is 4.62. The van der Waals surface area contributed by atoms with Gasteiger partial charge in [-0.3, -0.25) is 10.7 Å². The van der Waals surface area contributed by atoms with E-state index in [0.717, 1.165) is 0 Å². The maximum Gasteiger partial charge on any atom is 0.196 e. The first kappa shape index (κ1) is 3.61. The molecule has 1 heterocycles. The van der Waals surface area contributed by atoms with Gasteiger partial charge in [0.2, 0.25) is 0 Å². The van der Waals surface area contributed by atoms with E-state index in [1.54, 1.807) is 0 Å². The summed E-state index contributed by atoms with van der Waals surface area (Å²) in [6.45, 7) is 1.11. The second-order valence-electron chi connectivity index (χ2n) is 1.14. The molecule has 0 aromatic carbocycles. The third-order valence-electron chi connectivity index (χ3n) is 0.634. The minimum atomic E-state index is 0.343. The predicted molar refractivity (Wildman–Crippen MR) is 21.7 cm³/mol. The Labute approximate surface area is 35.8 Å². The topological polar surface area (TPSA) is 45.1 Å². The van der Waals surface area contributed by atoms with Gasteiger partial charge >= 0.3 is 0 Å². The van der Waals surface area contributed by atoms with E-state index in [-0.39, 0.29) is 0 Å². The van der Waals surface area contributed by atoms with Gasteiger partial charge in [-0.1, -0.05) is 0 Å². The summed E-state index contributed by atoms with van der Waals surface area (Å²) in [7, 11) is 0. The third kappa shape index (κ3) is 0.490. The fraction of sp³-hybridized carbons (Fsp3) is 0.667. The van der Waals surface area contributed by atoms with E-state index in [1.165, 1.54) is 0 Å². The Bertz CT molecular complexity index is 63.2. The van der Waals surface area contributed by atoms with Crippen molar-refractivity contribution >= 4 is 5.90 Å². The molecule has 0 amide bonds. The largest absolute Gasteiger partial charge is 0.464 e. The molecule has 6 heavy (non-hydrogen) atoms. The summed E-state index contributed by atoms with van der Waals surface area (Å²) in [6, 6.07) is 0. The molecule has 0 radical (unpaired) electrons. The van der Waals surface area contributed by atoms with Crippen LogP contribution >= 0.6 is 0 Å². The van der Waals surface area contributed by atoms with Crippen LogP contribution in [-0.2, 0) is 4.74 Å². The van der Waals surface area contributed by atoms with Crippen LogP contribution in [0.3, 0.4) is 0 Å². The van der Waals surface area contributed by atoms with Gasteiger partial charge in [-0.25, -0.2) is 0 Å². The van der Waals surface area contributed by atoms with Crippen LogP contribution in [0.2, 0.25) is 0 Å². The molecule has 1 fully saturated rings. The highest BCUT2D eigenvalue weighted by Crippen LogP contribution is 1.80. The molecule has 1 aliphatic rings. The summed E-state index contributed by atoms with van der Waals surface area (Å²) in [5.74, 6) is 0.343. The first-order valence-corrected chi connectivity index (χ1v) is 1.80. The Hall–Kier alpha value is -0.570. The zero-order valence-corrected chi connectivity index (χ0v) is 3.32. The minimum Gasteiger partial charge on any atom is -0.464 e. The van der Waals surface area contributed by atoms with Crippen molar-refractivity contribution in [3.8, 4) is 0 Å². The molecule has 0 aromatic rings. The predicted octanol–water partition coefficient (Wildman–Crippen LogP) is -0.459. The highest BCUT2D eigenvalue weighted by Gasteiger charge is 2.02. The van der Waals surface area contributed by atoms with Crippen LogP contribution in [0.1, 0.15) is 0 Å². The maximum absolute atomic E-state index is 6.76. The molecule has 0 unspecified atom stereocenters. The molecule has 0 aliphatic carbocycles. The second-order valence-corrected chi connectivity index (χ2v) is 1.14. The first-order chi connectivity index (χ1) is 2.89. The molecule has 3 heteroatoms. The van der Waals surface area contributed by atoms with Gasteiger partial charge < -0.3 is 4.74 Å². The minimum absolute atomic E-state index is 0.343. The van der Waals surface area contributed by atoms with Crippen LogP contribution < -0.4 is 5.32 Å². The van der Waals surface area contributed by atoms with E-state index < -0.39 is 0 Å². The number of hydrogen-bond donors (Lipinski definition) is 2. The van der Waals surface area contributed by atoms with E-state index in [2.05, 4.69) is 10.1 Å². The van der Waals surface area contributed by atoms with Crippen LogP contribution in [0.25, 0.3) is 0 Å². The Morgan fingerprint density at radius 3 is 2.83 bits per heavy atom. The smallest absolute Gasteiger partial charge is 0.196 e. The summed E-state index contributed by atoms with van der Waals surface area (Å²) in [6.07, 6.45) is 0. The van der Waals surface area contributed by atoms with E-state index >= 15 is 0 Å². The molecule has 0 atom stereocenters. The summed E-state index contributed by atoms with van der Waals surface area (Å²) in [5.41, 5.74) is 0. The average molecular weight is 86.1 g/mol. The fourth-order valence-corrected chi connectivity index (χ4v) is 0.354. The Balaban J connectivity index is 2.37. The van der Waals surface area contributed by atoms with Crippen molar-refractivity contribution in [3.05, 3.63) is 0 Å². The van der Waals surface area contributed by atoms with Crippen molar-refractivity contribution in [3.63, 3.8) is 0 Å². The molecule has 3 nitrogen and oxygen atoms in total. The average Bonchev–Trinajstić information content (AvgIpc) is 1.86. The summed E-state index contributed by atoms with van der Waals surface area (Å²) >= 11 is 0. The highest BCUT2D eigenvalue weighted by atomic mass is 16.5. The number of nitrogens with one attached hydrogen (secondary N) is 2. The van der Waals surface area contributed by atoms with Crippen molar-refractivity contribution in [1.29, 1.82) is 5.41 Å². The van der Waals surface area contributed by atoms with Crippen LogP contribution in [0, 0.1) is 5.41 Å². The van der Waals surface area contributed by atoms with Gasteiger partial charge in [-0.15, -0.1) is 0 Å². The van der Waals surface area contributed by atoms with E-state index in [0.29, 0.717) is 19.2 Å². The molecule has 1 aliphatic heterocycles. The summed E-state index contributed by atoms with van der Waals surface area (Å²) in [4.78, 5) is 0. The molecular weight excluding hydrogens is 80.0 g/mol. The lowest BCUT2D eigenvalue weighted by Crippen LogP contribution is -2.07. The van der Waals surface area contributed by atoms with Gasteiger partial charge in [-0.05, 0) is 0 Å². The van der Waals surface area contributed by atoms with Gasteiger partial charge in [0.25, 0.3) is 0 Å². The van der Waals surface area contributed by atoms with Gasteiger partial charge in [0.15, 0.2) is 5.90 Å². The quantitative estimate of drug-likeness (QED) is 0.419. The number of rotatable bonds is 0. The highest BCUT2D eigenvalue weighted by molar-refractivity contribution is 5.76. The fourth-order valence-electron chi connectivity index (χ4n) is 0.354. The Kier molecular flexibility index (Phi) is 0.759. The molecule has 0 saturated carbocycles. The normalized spacial score (nSPS) is 21.0. The van der Waals surface area contributed by atoms with Gasteiger partial charge in [0.05, 0.1) is 6.54 Å². The third-order valence-corrected chi connectivity index (χ3v) is 0.634. The van der Waals surface area contributed by atoms with Crippen molar-refractivity contribution in [2.75, 3.05) is 13.3 Å². The Morgan fingerprint density at radius 1 is 1.83 bits per heavy atom. The molecule has 0 aromatic heterocycles. The van der Waals surface area contributed by atoms with Gasteiger partial charge in [-0.2, -0.15) is 0 Å². The first-order valence-electron chi connectivity index (χ1n) is 1.80. The van der Waals surface area contributed by atoms with E-state index in [4.69, 9.17) is 5.41 Å². The van der Waals surface area contributed by atoms with Crippen molar-refractivity contribution in [1.82, 2.24) is 5.32 Å². The number of hydrogen-bond acceptors (Lipinski definition) is 3. The van der Waals surface area contributed by atoms with Crippen molar-refractivity contribution in [2.45, 2.75) is 0 Å². The second kappa shape index (κ2) is 1.26. The van der Waals surface area contributed by atoms with Crippen LogP contribution in [-0.4, -0.2) is 19.2 Å². The molecular formula is C3H6N2O. The van der Waals surface area contributed by atoms with E-state index in [9.17, 15) is 0 Å². The number of ether oxygens (including phenoxy) is 1. The van der Waals surface area contributed by atoms with Crippen LogP contribution in [0.5, 0.6) is 0 Å². The molecule has 34 valence electrons. The van der Waals surface area contributed by atoms with Gasteiger partial charge in [0.1, 0.15) is 6.73 Å². The lowest BCUT2D eigenvalue weighted by molar-refractivity contribution is 0.324. The summed E-state index contributed by atoms with van der Waals surface area (Å²) in [5, 5.41) is 9.59. The molecule has 1 rings (SSSR count). The molecule has 0 bridgehead atoms. The maximum atomic E-state index is 6.76. The van der Waals surface area contributed by atoms with Crippen molar-refractivity contribution in [2.24, 2.45) is 0 Å². The molecule has 2 N–H and O–H groups in total. The standard InChI is InChI=1S/C3H6N2O/c4-3-1-5-2-6-3/h4-5H,1-2H2. The lowest BCUT2D eigenvalue weighted by Gasteiger charge is -1.83. The SMILES string of the molecule is N=C1CNCO1. The lowest BCUT2D eigenvalue weighted by atomic mass is 10.7. The van der Waals surface area contributed by atoms with Crippen molar-refractivity contribution < 1.29 is 4.74 Å². The van der Waals surface area contributed by atoms with E-state index in [1.807, 2.05) is 0 Å². The zero-order chi connectivity index (χ0) is 4.41. The van der Waals surface area contributed by atoms with Gasteiger partial charge in [0, 0.05) is 0 Å². The zero-order valence-electron chi connectivity index (χ0n) is 3.32. The monoisotopic (exact) mass is 86.0 g/mol.